The lowest BCUT2D eigenvalue weighted by Gasteiger charge is -2.13. The molecule has 0 atom stereocenters. The molecule has 1 heterocycles. The molecule has 1 amide bonds. The molecule has 0 spiro atoms. The number of benzene rings is 1. The zero-order valence-corrected chi connectivity index (χ0v) is 13.3. The van der Waals surface area contributed by atoms with Gasteiger partial charge in [0.1, 0.15) is 0 Å². The van der Waals surface area contributed by atoms with E-state index in [-0.39, 0.29) is 5.91 Å². The first-order valence-corrected chi connectivity index (χ1v) is 7.58. The molecule has 0 saturated carbocycles. The maximum atomic E-state index is 12.3. The second-order valence-corrected chi connectivity index (χ2v) is 5.42. The molecule has 0 radical (unpaired) electrons. The monoisotopic (exact) mass is 298 g/mol. The Bertz CT molecular complexity index is 623. The molecule has 0 bridgehead atoms. The van der Waals surface area contributed by atoms with E-state index in [1.807, 2.05) is 24.3 Å². The molecule has 0 fully saturated rings. The Hall–Kier alpha value is -2.43. The summed E-state index contributed by atoms with van der Waals surface area (Å²) in [5.41, 5.74) is 2.38. The normalized spacial score (nSPS) is 10.5. The van der Waals surface area contributed by atoms with Gasteiger partial charge in [0, 0.05) is 24.6 Å². The summed E-state index contributed by atoms with van der Waals surface area (Å²) in [7, 11) is 0. The quantitative estimate of drug-likeness (QED) is 0.854. The average molecular weight is 298 g/mol. The van der Waals surface area contributed by atoms with Crippen LogP contribution in [0, 0.1) is 0 Å². The highest BCUT2D eigenvalue weighted by molar-refractivity contribution is 6.04. The van der Waals surface area contributed by atoms with Crippen LogP contribution in [-0.2, 0) is 0 Å². The summed E-state index contributed by atoms with van der Waals surface area (Å²) in [5.74, 6) is 0.685. The van der Waals surface area contributed by atoms with Gasteiger partial charge in [0.05, 0.1) is 5.56 Å². The SMILES string of the molecule is CCCNc1ncc(C(=O)Nc2ccccc2C(C)C)cn1. The van der Waals surface area contributed by atoms with E-state index in [0.29, 0.717) is 17.4 Å². The molecule has 0 saturated heterocycles. The standard InChI is InChI=1S/C17H22N4O/c1-4-9-18-17-19-10-13(11-20-17)16(22)21-15-8-6-5-7-14(15)12(2)3/h5-8,10-12H,4,9H2,1-3H3,(H,21,22)(H,18,19,20). The predicted octanol–water partition coefficient (Wildman–Crippen LogP) is 3.67. The van der Waals surface area contributed by atoms with Crippen LogP contribution in [-0.4, -0.2) is 22.4 Å². The van der Waals surface area contributed by atoms with Crippen molar-refractivity contribution < 1.29 is 4.79 Å². The third-order valence-electron chi connectivity index (χ3n) is 3.28. The third-order valence-corrected chi connectivity index (χ3v) is 3.28. The van der Waals surface area contributed by atoms with E-state index in [4.69, 9.17) is 0 Å². The van der Waals surface area contributed by atoms with E-state index in [0.717, 1.165) is 24.2 Å². The fourth-order valence-electron chi connectivity index (χ4n) is 2.08. The molecule has 0 aliphatic rings. The van der Waals surface area contributed by atoms with Crippen LogP contribution in [0.25, 0.3) is 0 Å². The fraction of sp³-hybridized carbons (Fsp3) is 0.353. The lowest BCUT2D eigenvalue weighted by Crippen LogP contribution is -2.15. The third kappa shape index (κ3) is 4.04. The highest BCUT2D eigenvalue weighted by Crippen LogP contribution is 2.24. The molecule has 0 unspecified atom stereocenters. The van der Waals surface area contributed by atoms with Crippen molar-refractivity contribution in [3.63, 3.8) is 0 Å². The number of nitrogens with zero attached hydrogens (tertiary/aromatic N) is 2. The Balaban J connectivity index is 2.09. The molecule has 5 heteroatoms. The molecular formula is C17H22N4O. The zero-order chi connectivity index (χ0) is 15.9. The Morgan fingerprint density at radius 1 is 1.18 bits per heavy atom. The maximum absolute atomic E-state index is 12.3. The van der Waals surface area contributed by atoms with Crippen molar-refractivity contribution in [1.82, 2.24) is 9.97 Å². The Labute approximate surface area is 131 Å². The number of carbonyl (C=O) groups is 1. The number of nitrogens with one attached hydrogen (secondary N) is 2. The summed E-state index contributed by atoms with van der Waals surface area (Å²) < 4.78 is 0. The lowest BCUT2D eigenvalue weighted by atomic mass is 10.0. The first-order chi connectivity index (χ1) is 10.6. The minimum absolute atomic E-state index is 0.199. The van der Waals surface area contributed by atoms with Crippen molar-refractivity contribution in [3.05, 3.63) is 47.8 Å². The van der Waals surface area contributed by atoms with E-state index in [1.165, 1.54) is 12.4 Å². The van der Waals surface area contributed by atoms with Gasteiger partial charge in [-0.1, -0.05) is 39.0 Å². The van der Waals surface area contributed by atoms with Gasteiger partial charge in [-0.15, -0.1) is 0 Å². The van der Waals surface area contributed by atoms with Gasteiger partial charge in [0.15, 0.2) is 0 Å². The van der Waals surface area contributed by atoms with Crippen LogP contribution in [0.2, 0.25) is 0 Å². The number of carbonyl (C=O) groups excluding carboxylic acids is 1. The fourth-order valence-corrected chi connectivity index (χ4v) is 2.08. The smallest absolute Gasteiger partial charge is 0.258 e. The van der Waals surface area contributed by atoms with E-state index in [2.05, 4.69) is 41.4 Å². The zero-order valence-electron chi connectivity index (χ0n) is 13.3. The lowest BCUT2D eigenvalue weighted by molar-refractivity contribution is 0.102. The molecular weight excluding hydrogens is 276 g/mol. The number of hydrogen-bond acceptors (Lipinski definition) is 4. The van der Waals surface area contributed by atoms with Crippen LogP contribution in [0.1, 0.15) is 49.0 Å². The number of rotatable bonds is 6. The average Bonchev–Trinajstić information content (AvgIpc) is 2.53. The Kier molecular flexibility index (Phi) is 5.47. The van der Waals surface area contributed by atoms with Gasteiger partial charge in [-0.05, 0) is 24.0 Å². The Morgan fingerprint density at radius 2 is 1.86 bits per heavy atom. The summed E-state index contributed by atoms with van der Waals surface area (Å²) in [5, 5.41) is 6.01. The number of aromatic nitrogens is 2. The van der Waals surface area contributed by atoms with Crippen LogP contribution in [0.3, 0.4) is 0 Å². The van der Waals surface area contributed by atoms with Crippen LogP contribution in [0.5, 0.6) is 0 Å². The Morgan fingerprint density at radius 3 is 2.50 bits per heavy atom. The molecule has 116 valence electrons. The molecule has 1 aromatic carbocycles. The highest BCUT2D eigenvalue weighted by Gasteiger charge is 2.11. The summed E-state index contributed by atoms with van der Waals surface area (Å²) >= 11 is 0. The molecule has 2 aromatic rings. The van der Waals surface area contributed by atoms with E-state index in [1.54, 1.807) is 0 Å². The second-order valence-electron chi connectivity index (χ2n) is 5.42. The number of para-hydroxylation sites is 1. The minimum Gasteiger partial charge on any atom is -0.354 e. The van der Waals surface area contributed by atoms with E-state index in [9.17, 15) is 4.79 Å². The van der Waals surface area contributed by atoms with Gasteiger partial charge in [-0.3, -0.25) is 4.79 Å². The van der Waals surface area contributed by atoms with Crippen molar-refractivity contribution in [3.8, 4) is 0 Å². The molecule has 22 heavy (non-hydrogen) atoms. The number of amides is 1. The molecule has 0 aliphatic heterocycles. The van der Waals surface area contributed by atoms with Crippen LogP contribution in [0.15, 0.2) is 36.7 Å². The summed E-state index contributed by atoms with van der Waals surface area (Å²) in [6.07, 6.45) is 4.08. The second kappa shape index (κ2) is 7.54. The van der Waals surface area contributed by atoms with Crippen molar-refractivity contribution in [2.75, 3.05) is 17.2 Å². The molecule has 2 N–H and O–H groups in total. The first-order valence-electron chi connectivity index (χ1n) is 7.58. The number of anilines is 2. The van der Waals surface area contributed by atoms with Gasteiger partial charge in [0.25, 0.3) is 5.91 Å². The van der Waals surface area contributed by atoms with Gasteiger partial charge in [-0.2, -0.15) is 0 Å². The summed E-state index contributed by atoms with van der Waals surface area (Å²) in [4.78, 5) is 20.6. The van der Waals surface area contributed by atoms with Gasteiger partial charge in [-0.25, -0.2) is 9.97 Å². The first kappa shape index (κ1) is 15.9. The summed E-state index contributed by atoms with van der Waals surface area (Å²) in [6, 6.07) is 7.82. The maximum Gasteiger partial charge on any atom is 0.258 e. The van der Waals surface area contributed by atoms with Gasteiger partial charge >= 0.3 is 0 Å². The predicted molar refractivity (Wildman–Crippen MR) is 89.3 cm³/mol. The minimum atomic E-state index is -0.199. The van der Waals surface area contributed by atoms with Crippen LogP contribution < -0.4 is 10.6 Å². The molecule has 2 rings (SSSR count). The van der Waals surface area contributed by atoms with Crippen molar-refractivity contribution in [2.24, 2.45) is 0 Å². The highest BCUT2D eigenvalue weighted by atomic mass is 16.1. The van der Waals surface area contributed by atoms with Gasteiger partial charge in [0.2, 0.25) is 5.95 Å². The van der Waals surface area contributed by atoms with E-state index < -0.39 is 0 Å². The van der Waals surface area contributed by atoms with Crippen LogP contribution in [0.4, 0.5) is 11.6 Å². The molecule has 1 aromatic heterocycles. The number of hydrogen-bond donors (Lipinski definition) is 2. The van der Waals surface area contributed by atoms with Gasteiger partial charge < -0.3 is 10.6 Å². The van der Waals surface area contributed by atoms with Crippen molar-refractivity contribution >= 4 is 17.5 Å². The molecule has 0 aliphatic carbocycles. The van der Waals surface area contributed by atoms with Crippen molar-refractivity contribution in [2.45, 2.75) is 33.1 Å². The summed E-state index contributed by atoms with van der Waals surface area (Å²) in [6.45, 7) is 7.08. The molecule has 5 nitrogen and oxygen atoms in total. The van der Waals surface area contributed by atoms with Crippen molar-refractivity contribution in [1.29, 1.82) is 0 Å². The van der Waals surface area contributed by atoms with E-state index >= 15 is 0 Å². The van der Waals surface area contributed by atoms with Crippen LogP contribution >= 0.6 is 0 Å². The largest absolute Gasteiger partial charge is 0.354 e. The topological polar surface area (TPSA) is 66.9 Å².